The third-order valence-electron chi connectivity index (χ3n) is 4.05. The Morgan fingerprint density at radius 3 is 1.39 bits per heavy atom. The molecule has 4 aromatic rings. The van der Waals surface area contributed by atoms with Crippen LogP contribution in [0.1, 0.15) is 0 Å². The van der Waals surface area contributed by atoms with Gasteiger partial charge in [-0.1, -0.05) is 72.8 Å². The van der Waals surface area contributed by atoms with Crippen LogP contribution in [0.15, 0.2) is 94.7 Å². The quantitative estimate of drug-likeness (QED) is 0.338. The van der Waals surface area contributed by atoms with Crippen molar-refractivity contribution in [1.29, 1.82) is 0 Å². The van der Waals surface area contributed by atoms with E-state index >= 15 is 0 Å². The summed E-state index contributed by atoms with van der Waals surface area (Å²) >= 11 is 0. The molecule has 0 spiro atoms. The molecular formula is C21H17NaO7S2. The molecule has 0 aliphatic heterocycles. The Bertz CT molecular complexity index is 1270. The summed E-state index contributed by atoms with van der Waals surface area (Å²) in [4.78, 5) is 7.80. The van der Waals surface area contributed by atoms with Crippen LogP contribution in [0.2, 0.25) is 0 Å². The van der Waals surface area contributed by atoms with Gasteiger partial charge in [0, 0.05) is 5.39 Å². The number of hydrogen-bond donors (Lipinski definition) is 1. The molecule has 1 N–H and O–H groups in total. The van der Waals surface area contributed by atoms with Crippen LogP contribution in [0.25, 0.3) is 21.5 Å². The monoisotopic (exact) mass is 468 g/mol. The summed E-state index contributed by atoms with van der Waals surface area (Å²) in [5, 5.41) is 2.56. The van der Waals surface area contributed by atoms with Gasteiger partial charge in [0.05, 0.1) is 4.90 Å². The zero-order valence-electron chi connectivity index (χ0n) is 16.5. The van der Waals surface area contributed by atoms with Gasteiger partial charge < -0.3 is 9.35 Å². The normalized spacial score (nSPS) is 10.8. The molecule has 0 saturated carbocycles. The van der Waals surface area contributed by atoms with Crippen LogP contribution in [0, 0.1) is 0 Å². The summed E-state index contributed by atoms with van der Waals surface area (Å²) < 4.78 is 63.6. The second kappa shape index (κ2) is 11.5. The van der Waals surface area contributed by atoms with Gasteiger partial charge >= 0.3 is 29.6 Å². The van der Waals surface area contributed by atoms with Crippen LogP contribution in [0.5, 0.6) is 0 Å². The van der Waals surface area contributed by atoms with Crippen LogP contribution in [-0.2, 0) is 25.0 Å². The van der Waals surface area contributed by atoms with E-state index in [-0.39, 0.29) is 39.3 Å². The van der Waals surface area contributed by atoms with Gasteiger partial charge in [0.1, 0.15) is 21.8 Å². The Morgan fingerprint density at radius 2 is 0.968 bits per heavy atom. The van der Waals surface area contributed by atoms with Gasteiger partial charge in [-0.2, -0.15) is 8.42 Å². The molecule has 4 rings (SSSR count). The van der Waals surface area contributed by atoms with E-state index in [1.807, 2.05) is 12.9 Å². The molecule has 0 amide bonds. The first-order valence-electron chi connectivity index (χ1n) is 8.36. The van der Waals surface area contributed by atoms with Crippen LogP contribution in [-0.4, -0.2) is 32.7 Å². The van der Waals surface area contributed by atoms with Crippen LogP contribution < -0.4 is 29.6 Å². The first-order valence-corrected chi connectivity index (χ1v) is 11.2. The largest absolute Gasteiger partial charge is 1.00 e. The molecule has 0 aliphatic rings. The first kappa shape index (κ1) is 26.9. The zero-order chi connectivity index (χ0) is 22.4. The fourth-order valence-electron chi connectivity index (χ4n) is 2.83. The van der Waals surface area contributed by atoms with Gasteiger partial charge in [-0.15, -0.1) is 0 Å². The Balaban J connectivity index is 0.000000279. The van der Waals surface area contributed by atoms with Crippen LogP contribution in [0.4, 0.5) is 0 Å². The summed E-state index contributed by atoms with van der Waals surface area (Å²) in [6.07, 6.45) is 0. The van der Waals surface area contributed by atoms with E-state index in [2.05, 4.69) is 0 Å². The third kappa shape index (κ3) is 6.94. The van der Waals surface area contributed by atoms with Gasteiger partial charge in [0.25, 0.3) is 10.1 Å². The summed E-state index contributed by atoms with van der Waals surface area (Å²) in [6, 6.07) is 23.3. The van der Waals surface area contributed by atoms with Gasteiger partial charge in [-0.25, -0.2) is 8.42 Å². The van der Waals surface area contributed by atoms with Gasteiger partial charge in [-0.05, 0) is 28.3 Å². The maximum absolute atomic E-state index is 11.0. The zero-order valence-corrected chi connectivity index (χ0v) is 20.1. The molecule has 0 heterocycles. The minimum Gasteiger partial charge on any atom is -0.744 e. The van der Waals surface area contributed by atoms with Crippen molar-refractivity contribution < 1.29 is 60.3 Å². The summed E-state index contributed by atoms with van der Waals surface area (Å²) in [5.74, 6) is 0. The van der Waals surface area contributed by atoms with E-state index in [4.69, 9.17) is 9.35 Å². The predicted octanol–water partition coefficient (Wildman–Crippen LogP) is 0.650. The maximum atomic E-state index is 11.0. The number of carbonyl (C=O) groups is 1. The second-order valence-corrected chi connectivity index (χ2v) is 8.62. The van der Waals surface area contributed by atoms with E-state index in [1.165, 1.54) is 12.1 Å². The Morgan fingerprint density at radius 1 is 0.613 bits per heavy atom. The Kier molecular flexibility index (Phi) is 9.98. The molecular weight excluding hydrogens is 451 g/mol. The standard InChI is InChI=1S/2C10H8O3S.CH2O.Na/c2*11-14(12,13)10-7-3-5-8-4-1-2-6-9(8)10;1-2;/h2*1-7H,(H,11,12,13);1H2;/q;;;+1/p-1. The minimum absolute atomic E-state index is 0. The fourth-order valence-corrected chi connectivity index (χ4v) is 4.25. The fraction of sp³-hybridized carbons (Fsp3) is 0. The van der Waals surface area contributed by atoms with Gasteiger partial charge in [-0.3, -0.25) is 4.55 Å². The Hall–Kier alpha value is -2.11. The molecule has 10 heteroatoms. The summed E-state index contributed by atoms with van der Waals surface area (Å²) in [6.45, 7) is 2.00. The molecule has 31 heavy (non-hydrogen) atoms. The molecule has 156 valence electrons. The molecule has 0 aromatic heterocycles. The first-order chi connectivity index (χ1) is 14.2. The molecule has 7 nitrogen and oxygen atoms in total. The molecule has 0 atom stereocenters. The minimum atomic E-state index is -4.38. The van der Waals surface area contributed by atoms with Crippen molar-refractivity contribution in [2.24, 2.45) is 0 Å². The van der Waals surface area contributed by atoms with Crippen molar-refractivity contribution in [3.8, 4) is 0 Å². The van der Waals surface area contributed by atoms with Gasteiger partial charge in [0.15, 0.2) is 0 Å². The predicted molar refractivity (Wildman–Crippen MR) is 113 cm³/mol. The van der Waals surface area contributed by atoms with Crippen molar-refractivity contribution in [3.63, 3.8) is 0 Å². The number of benzene rings is 4. The SMILES string of the molecule is C=O.O=S(=O)(O)c1cccc2ccccc12.O=S(=O)([O-])c1cccc2ccccc12.[Na+]. The maximum Gasteiger partial charge on any atom is 1.00 e. The molecule has 0 fully saturated rings. The topological polar surface area (TPSA) is 129 Å². The molecule has 0 unspecified atom stereocenters. The van der Waals surface area contributed by atoms with E-state index in [0.29, 0.717) is 10.8 Å². The molecule has 0 saturated heterocycles. The van der Waals surface area contributed by atoms with Crippen molar-refractivity contribution in [2.45, 2.75) is 9.79 Å². The molecule has 0 radical (unpaired) electrons. The van der Waals surface area contributed by atoms with Crippen molar-refractivity contribution in [1.82, 2.24) is 0 Å². The van der Waals surface area contributed by atoms with Crippen molar-refractivity contribution in [2.75, 3.05) is 0 Å². The summed E-state index contributed by atoms with van der Waals surface area (Å²) in [5.41, 5.74) is 0. The van der Waals surface area contributed by atoms with Gasteiger partial charge in [0.2, 0.25) is 0 Å². The third-order valence-corrected chi connectivity index (χ3v) is 5.85. The summed E-state index contributed by atoms with van der Waals surface area (Å²) in [7, 11) is -8.51. The number of hydrogen-bond acceptors (Lipinski definition) is 6. The molecule has 4 aromatic carbocycles. The van der Waals surface area contributed by atoms with E-state index < -0.39 is 20.2 Å². The van der Waals surface area contributed by atoms with E-state index in [1.54, 1.807) is 66.7 Å². The number of carbonyl (C=O) groups excluding carboxylic acids is 1. The molecule has 0 aliphatic carbocycles. The van der Waals surface area contributed by atoms with Crippen LogP contribution in [0.3, 0.4) is 0 Å². The van der Waals surface area contributed by atoms with Crippen LogP contribution >= 0.6 is 0 Å². The average molecular weight is 468 g/mol. The molecule has 0 bridgehead atoms. The Labute approximate surface area is 202 Å². The average Bonchev–Trinajstić information content (AvgIpc) is 2.73. The van der Waals surface area contributed by atoms with E-state index in [0.717, 1.165) is 10.8 Å². The smallest absolute Gasteiger partial charge is 0.744 e. The van der Waals surface area contributed by atoms with Crippen molar-refractivity contribution in [3.05, 3.63) is 84.9 Å². The van der Waals surface area contributed by atoms with E-state index in [9.17, 15) is 21.4 Å². The van der Waals surface area contributed by atoms with Crippen molar-refractivity contribution >= 4 is 48.6 Å². The number of rotatable bonds is 2. The second-order valence-electron chi connectivity index (χ2n) is 5.88. The number of fused-ring (bicyclic) bond motifs is 2.